The standard InChI is InChI=1S/C21H24F3N5O/c1-3-18(30)27-16-9-4-5-10-17(16)28-19-15(21(22,23)24)12-25-20(29-19)26-14-8-6-7-13(2)11-14/h3-5,9-10,12-14H,1,6-8,11H2,2H3,(H,27,30)(H2,25,26,28,29)/t13-,14+/m1/s1. The van der Waals surface area contributed by atoms with E-state index in [0.29, 0.717) is 11.6 Å². The van der Waals surface area contributed by atoms with Gasteiger partial charge in [-0.3, -0.25) is 4.79 Å². The van der Waals surface area contributed by atoms with Gasteiger partial charge in [0, 0.05) is 12.2 Å². The Morgan fingerprint density at radius 2 is 1.97 bits per heavy atom. The van der Waals surface area contributed by atoms with E-state index in [2.05, 4.69) is 39.4 Å². The van der Waals surface area contributed by atoms with E-state index in [4.69, 9.17) is 0 Å². The van der Waals surface area contributed by atoms with E-state index in [9.17, 15) is 18.0 Å². The molecule has 30 heavy (non-hydrogen) atoms. The Labute approximate surface area is 173 Å². The summed E-state index contributed by atoms with van der Waals surface area (Å²) in [4.78, 5) is 19.6. The van der Waals surface area contributed by atoms with Crippen LogP contribution in [-0.4, -0.2) is 21.9 Å². The summed E-state index contributed by atoms with van der Waals surface area (Å²) in [6, 6.07) is 6.55. The van der Waals surface area contributed by atoms with Crippen LogP contribution in [-0.2, 0) is 11.0 Å². The number of anilines is 4. The van der Waals surface area contributed by atoms with E-state index in [-0.39, 0.29) is 23.5 Å². The number of carbonyl (C=O) groups excluding carboxylic acids is 1. The summed E-state index contributed by atoms with van der Waals surface area (Å²) in [7, 11) is 0. The van der Waals surface area contributed by atoms with Gasteiger partial charge in [0.25, 0.3) is 0 Å². The molecular formula is C21H24F3N5O. The number of alkyl halides is 3. The third-order valence-electron chi connectivity index (χ3n) is 4.99. The number of amides is 1. The van der Waals surface area contributed by atoms with Crippen LogP contribution in [0.15, 0.2) is 43.1 Å². The molecule has 1 heterocycles. The molecule has 1 aliphatic rings. The number of nitrogens with zero attached hydrogens (tertiary/aromatic N) is 2. The zero-order valence-electron chi connectivity index (χ0n) is 16.6. The Bertz CT molecular complexity index is 916. The van der Waals surface area contributed by atoms with Crippen molar-refractivity contribution in [3.05, 3.63) is 48.7 Å². The van der Waals surface area contributed by atoms with Crippen LogP contribution in [0.5, 0.6) is 0 Å². The van der Waals surface area contributed by atoms with Gasteiger partial charge in [-0.15, -0.1) is 0 Å². The van der Waals surface area contributed by atoms with Crippen LogP contribution in [0.4, 0.5) is 36.3 Å². The number of halogens is 3. The number of hydrogen-bond acceptors (Lipinski definition) is 5. The van der Waals surface area contributed by atoms with E-state index >= 15 is 0 Å². The molecule has 1 saturated carbocycles. The summed E-state index contributed by atoms with van der Waals surface area (Å²) < 4.78 is 40.6. The summed E-state index contributed by atoms with van der Waals surface area (Å²) in [5, 5.41) is 8.43. The largest absolute Gasteiger partial charge is 0.421 e. The maximum absolute atomic E-state index is 13.5. The van der Waals surface area contributed by atoms with E-state index < -0.39 is 17.6 Å². The average Bonchev–Trinajstić information content (AvgIpc) is 2.68. The maximum atomic E-state index is 13.5. The zero-order valence-corrected chi connectivity index (χ0v) is 16.6. The predicted molar refractivity (Wildman–Crippen MR) is 111 cm³/mol. The van der Waals surface area contributed by atoms with Crippen LogP contribution >= 0.6 is 0 Å². The average molecular weight is 419 g/mol. The lowest BCUT2D eigenvalue weighted by molar-refractivity contribution is -0.137. The predicted octanol–water partition coefficient (Wildman–Crippen LogP) is 5.35. The molecule has 9 heteroatoms. The van der Waals surface area contributed by atoms with Crippen molar-refractivity contribution in [2.24, 2.45) is 5.92 Å². The molecule has 0 saturated heterocycles. The van der Waals surface area contributed by atoms with Crippen molar-refractivity contribution in [1.29, 1.82) is 0 Å². The van der Waals surface area contributed by atoms with Crippen LogP contribution in [0.1, 0.15) is 38.2 Å². The lowest BCUT2D eigenvalue weighted by atomic mass is 9.87. The third-order valence-corrected chi connectivity index (χ3v) is 4.99. The first kappa shape index (κ1) is 21.6. The van der Waals surface area contributed by atoms with Crippen LogP contribution in [0.3, 0.4) is 0 Å². The summed E-state index contributed by atoms with van der Waals surface area (Å²) in [6.45, 7) is 5.53. The number of nitrogens with one attached hydrogen (secondary N) is 3. The molecule has 0 unspecified atom stereocenters. The second kappa shape index (κ2) is 9.15. The summed E-state index contributed by atoms with van der Waals surface area (Å²) in [5.41, 5.74) is -0.409. The molecule has 0 radical (unpaired) electrons. The minimum atomic E-state index is -4.64. The van der Waals surface area contributed by atoms with Gasteiger partial charge in [0.2, 0.25) is 11.9 Å². The first-order valence-electron chi connectivity index (χ1n) is 9.76. The van der Waals surface area contributed by atoms with Gasteiger partial charge in [-0.25, -0.2) is 4.98 Å². The lowest BCUT2D eigenvalue weighted by Crippen LogP contribution is -2.27. The smallest absolute Gasteiger partial charge is 0.351 e. The zero-order chi connectivity index (χ0) is 21.7. The van der Waals surface area contributed by atoms with Crippen molar-refractivity contribution < 1.29 is 18.0 Å². The highest BCUT2D eigenvalue weighted by Gasteiger charge is 2.35. The molecule has 1 amide bonds. The molecule has 6 nitrogen and oxygen atoms in total. The minimum absolute atomic E-state index is 0.123. The first-order valence-corrected chi connectivity index (χ1v) is 9.76. The van der Waals surface area contributed by atoms with Crippen LogP contribution in [0, 0.1) is 5.92 Å². The van der Waals surface area contributed by atoms with Crippen LogP contribution in [0.25, 0.3) is 0 Å². The van der Waals surface area contributed by atoms with E-state index in [1.54, 1.807) is 24.3 Å². The highest BCUT2D eigenvalue weighted by molar-refractivity contribution is 6.01. The number of rotatable bonds is 6. The van der Waals surface area contributed by atoms with Gasteiger partial charge in [-0.1, -0.05) is 38.5 Å². The topological polar surface area (TPSA) is 78.9 Å². The van der Waals surface area contributed by atoms with Crippen molar-refractivity contribution in [2.75, 3.05) is 16.0 Å². The fourth-order valence-corrected chi connectivity index (χ4v) is 3.51. The van der Waals surface area contributed by atoms with Crippen LogP contribution in [0.2, 0.25) is 0 Å². The van der Waals surface area contributed by atoms with Crippen molar-refractivity contribution in [3.63, 3.8) is 0 Å². The SMILES string of the molecule is C=CC(=O)Nc1ccccc1Nc1nc(N[C@H]2CCC[C@@H](C)C2)ncc1C(F)(F)F. The van der Waals surface area contributed by atoms with Crippen molar-refractivity contribution in [1.82, 2.24) is 9.97 Å². The van der Waals surface area contributed by atoms with Crippen LogP contribution < -0.4 is 16.0 Å². The first-order chi connectivity index (χ1) is 14.3. The second-order valence-electron chi connectivity index (χ2n) is 7.43. The summed E-state index contributed by atoms with van der Waals surface area (Å²) >= 11 is 0. The van der Waals surface area contributed by atoms with Crippen molar-refractivity contribution in [2.45, 2.75) is 44.8 Å². The van der Waals surface area contributed by atoms with E-state index in [1.807, 2.05) is 0 Å². The number of carbonyl (C=O) groups is 1. The maximum Gasteiger partial charge on any atom is 0.421 e. The van der Waals surface area contributed by atoms with Gasteiger partial charge in [0.05, 0.1) is 11.4 Å². The lowest BCUT2D eigenvalue weighted by Gasteiger charge is -2.27. The van der Waals surface area contributed by atoms with E-state index in [1.165, 1.54) is 0 Å². The fraction of sp³-hybridized carbons (Fsp3) is 0.381. The van der Waals surface area contributed by atoms with Gasteiger partial charge >= 0.3 is 6.18 Å². The molecule has 1 aliphatic carbocycles. The minimum Gasteiger partial charge on any atom is -0.351 e. The molecule has 0 bridgehead atoms. The third kappa shape index (κ3) is 5.49. The Morgan fingerprint density at radius 1 is 1.23 bits per heavy atom. The Kier molecular flexibility index (Phi) is 6.59. The quantitative estimate of drug-likeness (QED) is 0.550. The molecule has 160 valence electrons. The molecular weight excluding hydrogens is 395 g/mol. The molecule has 0 aliphatic heterocycles. The Morgan fingerprint density at radius 3 is 2.63 bits per heavy atom. The number of aromatic nitrogens is 2. The van der Waals surface area contributed by atoms with Crippen molar-refractivity contribution >= 4 is 29.0 Å². The molecule has 1 fully saturated rings. The monoisotopic (exact) mass is 419 g/mol. The van der Waals surface area contributed by atoms with Gasteiger partial charge in [0.1, 0.15) is 11.4 Å². The number of benzene rings is 1. The highest BCUT2D eigenvalue weighted by atomic mass is 19.4. The molecule has 1 aromatic heterocycles. The molecule has 3 rings (SSSR count). The molecule has 2 atom stereocenters. The Hall–Kier alpha value is -3.10. The number of hydrogen-bond donors (Lipinski definition) is 3. The molecule has 0 spiro atoms. The summed E-state index contributed by atoms with van der Waals surface area (Å²) in [6.07, 6.45) is 1.26. The highest BCUT2D eigenvalue weighted by Crippen LogP contribution is 2.36. The van der Waals surface area contributed by atoms with E-state index in [0.717, 1.165) is 38.0 Å². The second-order valence-corrected chi connectivity index (χ2v) is 7.43. The van der Waals surface area contributed by atoms with Gasteiger partial charge in [-0.05, 0) is 37.0 Å². The molecule has 1 aromatic carbocycles. The van der Waals surface area contributed by atoms with Crippen molar-refractivity contribution in [3.8, 4) is 0 Å². The molecule has 3 N–H and O–H groups in total. The van der Waals surface area contributed by atoms with Gasteiger partial charge in [0.15, 0.2) is 0 Å². The van der Waals surface area contributed by atoms with Gasteiger partial charge < -0.3 is 16.0 Å². The normalized spacial score (nSPS) is 19.1. The fourth-order valence-electron chi connectivity index (χ4n) is 3.51. The molecule has 2 aromatic rings. The van der Waals surface area contributed by atoms with Gasteiger partial charge in [-0.2, -0.15) is 18.2 Å². The Balaban J connectivity index is 1.90. The summed E-state index contributed by atoms with van der Waals surface area (Å²) in [5.74, 6) is -0.179. The number of para-hydroxylation sites is 2.